The second kappa shape index (κ2) is 7.72. The van der Waals surface area contributed by atoms with Crippen molar-refractivity contribution >= 4 is 5.91 Å². The van der Waals surface area contributed by atoms with Crippen molar-refractivity contribution in [2.24, 2.45) is 5.92 Å². The Balaban J connectivity index is 1.28. The van der Waals surface area contributed by atoms with Crippen LogP contribution in [0.15, 0.2) is 72.8 Å². The number of fused-ring (bicyclic) bond motifs is 2. The Morgan fingerprint density at radius 2 is 1.65 bits per heavy atom. The number of nitrogens with one attached hydrogen (secondary N) is 1. The lowest BCUT2D eigenvalue weighted by atomic mass is 9.85. The van der Waals surface area contributed by atoms with Crippen molar-refractivity contribution in [1.29, 1.82) is 0 Å². The second-order valence-corrected chi connectivity index (χ2v) is 9.16. The number of carbonyl (C=O) groups excluding carboxylic acids is 1. The SMILES string of the molecule is O=C(NC1c2ccccc2OCC1Cc1ccccc1)C1(c2ccc3c(c2)OC(F)(F)O3)CC1. The predicted molar refractivity (Wildman–Crippen MR) is 120 cm³/mol. The molecule has 0 radical (unpaired) electrons. The van der Waals surface area contributed by atoms with Gasteiger partial charge in [0.25, 0.3) is 0 Å². The van der Waals surface area contributed by atoms with Crippen LogP contribution in [0, 0.1) is 5.92 Å². The number of rotatable bonds is 5. The van der Waals surface area contributed by atoms with Gasteiger partial charge in [0.2, 0.25) is 5.91 Å². The number of halogens is 2. The highest BCUT2D eigenvalue weighted by molar-refractivity contribution is 5.92. The molecule has 6 rings (SSSR count). The average Bonchev–Trinajstić information content (AvgIpc) is 3.58. The third-order valence-corrected chi connectivity index (χ3v) is 6.94. The van der Waals surface area contributed by atoms with Gasteiger partial charge in [-0.3, -0.25) is 4.79 Å². The molecule has 3 aromatic carbocycles. The van der Waals surface area contributed by atoms with Crippen LogP contribution in [0.5, 0.6) is 17.2 Å². The van der Waals surface area contributed by atoms with Gasteiger partial charge in [-0.25, -0.2) is 0 Å². The zero-order valence-electron chi connectivity index (χ0n) is 18.3. The van der Waals surface area contributed by atoms with E-state index in [9.17, 15) is 13.6 Å². The van der Waals surface area contributed by atoms with Crippen LogP contribution in [0.4, 0.5) is 8.78 Å². The molecule has 3 aliphatic rings. The fourth-order valence-electron chi connectivity index (χ4n) is 5.00. The van der Waals surface area contributed by atoms with Gasteiger partial charge in [-0.1, -0.05) is 54.6 Å². The lowest BCUT2D eigenvalue weighted by Gasteiger charge is -2.35. The van der Waals surface area contributed by atoms with Crippen LogP contribution < -0.4 is 19.5 Å². The van der Waals surface area contributed by atoms with Crippen molar-refractivity contribution in [3.63, 3.8) is 0 Å². The zero-order valence-corrected chi connectivity index (χ0v) is 18.3. The summed E-state index contributed by atoms with van der Waals surface area (Å²) in [5.41, 5.74) is 2.02. The quantitative estimate of drug-likeness (QED) is 0.569. The number of para-hydroxylation sites is 1. The number of amides is 1. The molecule has 0 saturated heterocycles. The molecule has 2 heterocycles. The van der Waals surface area contributed by atoms with Crippen LogP contribution >= 0.6 is 0 Å². The van der Waals surface area contributed by atoms with Crippen LogP contribution in [-0.2, 0) is 16.6 Å². The second-order valence-electron chi connectivity index (χ2n) is 9.16. The highest BCUT2D eigenvalue weighted by Crippen LogP contribution is 2.52. The standard InChI is InChI=1S/C27H23F2NO4/c28-27(29)33-22-11-10-19(15-23(22)34-27)26(12-13-26)25(31)30-24-18(14-17-6-2-1-3-7-17)16-32-21-9-5-4-8-20(21)24/h1-11,15,18,24H,12-14,16H2,(H,30,31). The number of carbonyl (C=O) groups is 1. The minimum Gasteiger partial charge on any atom is -0.493 e. The highest BCUT2D eigenvalue weighted by Gasteiger charge is 2.53. The summed E-state index contributed by atoms with van der Waals surface area (Å²) >= 11 is 0. The number of hydrogen-bond donors (Lipinski definition) is 1. The van der Waals surface area contributed by atoms with Gasteiger partial charge < -0.3 is 19.5 Å². The molecular formula is C27H23F2NO4. The fraction of sp³-hybridized carbons (Fsp3) is 0.296. The van der Waals surface area contributed by atoms with Crippen LogP contribution in [0.2, 0.25) is 0 Å². The highest BCUT2D eigenvalue weighted by atomic mass is 19.3. The Bertz CT molecular complexity index is 1240. The lowest BCUT2D eigenvalue weighted by Crippen LogP contribution is -2.43. The molecule has 1 aliphatic carbocycles. The van der Waals surface area contributed by atoms with Gasteiger partial charge in [0.15, 0.2) is 11.5 Å². The monoisotopic (exact) mass is 463 g/mol. The first kappa shape index (κ1) is 21.0. The van der Waals surface area contributed by atoms with Crippen molar-refractivity contribution in [3.05, 3.63) is 89.5 Å². The molecule has 174 valence electrons. The molecule has 0 spiro atoms. The number of ether oxygens (including phenoxy) is 3. The minimum absolute atomic E-state index is 0.0220. The normalized spacial score (nSPS) is 22.9. The van der Waals surface area contributed by atoms with Gasteiger partial charge in [0, 0.05) is 11.5 Å². The minimum atomic E-state index is -3.68. The molecule has 3 aromatic rings. The Morgan fingerprint density at radius 3 is 2.44 bits per heavy atom. The van der Waals surface area contributed by atoms with Gasteiger partial charge in [0.1, 0.15) is 5.75 Å². The van der Waals surface area contributed by atoms with Crippen molar-refractivity contribution < 1.29 is 27.8 Å². The molecule has 1 fully saturated rings. The van der Waals surface area contributed by atoms with Crippen LogP contribution in [0.25, 0.3) is 0 Å². The van der Waals surface area contributed by atoms with E-state index in [0.717, 1.165) is 17.7 Å². The summed E-state index contributed by atoms with van der Waals surface area (Å²) in [7, 11) is 0. The average molecular weight is 463 g/mol. The van der Waals surface area contributed by atoms with Crippen LogP contribution in [-0.4, -0.2) is 18.8 Å². The first-order valence-corrected chi connectivity index (χ1v) is 11.4. The van der Waals surface area contributed by atoms with Crippen LogP contribution in [0.1, 0.15) is 35.6 Å². The van der Waals surface area contributed by atoms with Gasteiger partial charge >= 0.3 is 6.29 Å². The maximum atomic E-state index is 13.7. The Morgan fingerprint density at radius 1 is 0.912 bits per heavy atom. The topological polar surface area (TPSA) is 56.8 Å². The summed E-state index contributed by atoms with van der Waals surface area (Å²) in [6.45, 7) is 0.489. The molecule has 1 saturated carbocycles. The zero-order chi connectivity index (χ0) is 23.3. The van der Waals surface area contributed by atoms with E-state index in [1.54, 1.807) is 6.07 Å². The van der Waals surface area contributed by atoms with Gasteiger partial charge in [-0.2, -0.15) is 0 Å². The molecule has 1 amide bonds. The van der Waals surface area contributed by atoms with Gasteiger partial charge in [0.05, 0.1) is 18.1 Å². The molecule has 0 aromatic heterocycles. The summed E-state index contributed by atoms with van der Waals surface area (Å²) in [6, 6.07) is 22.3. The molecule has 34 heavy (non-hydrogen) atoms. The van der Waals surface area contributed by atoms with Crippen molar-refractivity contribution in [1.82, 2.24) is 5.32 Å². The third kappa shape index (κ3) is 3.65. The number of alkyl halides is 2. The maximum absolute atomic E-state index is 13.7. The molecule has 5 nitrogen and oxygen atoms in total. The summed E-state index contributed by atoms with van der Waals surface area (Å²) < 4.78 is 42.1. The molecule has 0 bridgehead atoms. The van der Waals surface area contributed by atoms with Crippen molar-refractivity contribution in [2.45, 2.75) is 37.0 Å². The van der Waals surface area contributed by atoms with E-state index in [1.165, 1.54) is 17.7 Å². The molecule has 1 N–H and O–H groups in total. The van der Waals surface area contributed by atoms with E-state index in [4.69, 9.17) is 4.74 Å². The molecule has 2 atom stereocenters. The molecule has 2 unspecified atom stereocenters. The Hall–Kier alpha value is -3.61. The van der Waals surface area contributed by atoms with Crippen molar-refractivity contribution in [3.8, 4) is 17.2 Å². The summed E-state index contributed by atoms with van der Waals surface area (Å²) in [6.07, 6.45) is -1.64. The number of hydrogen-bond acceptors (Lipinski definition) is 4. The maximum Gasteiger partial charge on any atom is 0.586 e. The van der Waals surface area contributed by atoms with E-state index in [2.05, 4.69) is 26.9 Å². The van der Waals surface area contributed by atoms with Gasteiger partial charge in [-0.05, 0) is 48.6 Å². The fourth-order valence-corrected chi connectivity index (χ4v) is 5.00. The van der Waals surface area contributed by atoms with E-state index < -0.39 is 11.7 Å². The lowest BCUT2D eigenvalue weighted by molar-refractivity contribution is -0.286. The smallest absolute Gasteiger partial charge is 0.493 e. The number of benzene rings is 3. The van der Waals surface area contributed by atoms with E-state index in [0.29, 0.717) is 25.0 Å². The largest absolute Gasteiger partial charge is 0.586 e. The summed E-state index contributed by atoms with van der Waals surface area (Å²) in [4.78, 5) is 13.7. The Kier molecular flexibility index (Phi) is 4.76. The first-order valence-electron chi connectivity index (χ1n) is 11.4. The van der Waals surface area contributed by atoms with Crippen LogP contribution in [0.3, 0.4) is 0 Å². The predicted octanol–water partition coefficient (Wildman–Crippen LogP) is 5.15. The molecular weight excluding hydrogens is 440 g/mol. The van der Waals surface area contributed by atoms with Gasteiger partial charge in [-0.15, -0.1) is 8.78 Å². The van der Waals surface area contributed by atoms with Crippen molar-refractivity contribution in [2.75, 3.05) is 6.61 Å². The third-order valence-electron chi connectivity index (χ3n) is 6.94. The summed E-state index contributed by atoms with van der Waals surface area (Å²) in [5, 5.41) is 3.29. The Labute approximate surface area is 195 Å². The summed E-state index contributed by atoms with van der Waals surface area (Å²) in [5.74, 6) is 0.642. The first-order chi connectivity index (χ1) is 16.4. The van der Waals surface area contributed by atoms with E-state index in [-0.39, 0.29) is 29.4 Å². The van der Waals surface area contributed by atoms with E-state index >= 15 is 0 Å². The molecule has 2 aliphatic heterocycles. The molecule has 7 heteroatoms. The van der Waals surface area contributed by atoms with E-state index in [1.807, 2.05) is 42.5 Å².